The van der Waals surface area contributed by atoms with Crippen molar-refractivity contribution in [1.82, 2.24) is 15.5 Å². The number of fused-ring (bicyclic) bond motifs is 1. The van der Waals surface area contributed by atoms with Crippen molar-refractivity contribution in [3.05, 3.63) is 42.2 Å². The van der Waals surface area contributed by atoms with Crippen LogP contribution in [0.1, 0.15) is 71.3 Å². The Balaban J connectivity index is 1.38. The van der Waals surface area contributed by atoms with Crippen LogP contribution in [-0.2, 0) is 24.0 Å². The number of hydrogen-bond acceptors (Lipinski definition) is 8. The minimum Gasteiger partial charge on any atom is -0.492 e. The van der Waals surface area contributed by atoms with Crippen LogP contribution < -0.4 is 15.4 Å². The van der Waals surface area contributed by atoms with E-state index >= 15 is 0 Å². The van der Waals surface area contributed by atoms with Gasteiger partial charge in [-0.15, -0.1) is 6.58 Å². The molecule has 0 bridgehead atoms. The zero-order chi connectivity index (χ0) is 32.5. The molecule has 45 heavy (non-hydrogen) atoms. The number of nitrogens with one attached hydrogen (secondary N) is 2. The van der Waals surface area contributed by atoms with Crippen molar-refractivity contribution < 1.29 is 43.0 Å². The zero-order valence-corrected chi connectivity index (χ0v) is 25.8. The number of carboxylic acids is 1. The van der Waals surface area contributed by atoms with Gasteiger partial charge in [0.2, 0.25) is 11.8 Å². The van der Waals surface area contributed by atoms with E-state index < -0.39 is 64.8 Å². The average Bonchev–Trinajstić information content (AvgIpc) is 3.28. The molecule has 2 saturated carbocycles. The second-order valence-electron chi connectivity index (χ2n) is 13.3. The lowest BCUT2D eigenvalue weighted by atomic mass is 9.85. The number of ether oxygens (including phenoxy) is 2. The van der Waals surface area contributed by atoms with Gasteiger partial charge >= 0.3 is 12.1 Å². The average molecular weight is 629 g/mol. The van der Waals surface area contributed by atoms with Crippen LogP contribution in [0.3, 0.4) is 0 Å². The molecule has 12 nitrogen and oxygen atoms in total. The van der Waals surface area contributed by atoms with E-state index in [0.29, 0.717) is 30.1 Å². The number of alkyl carbamates (subject to hydrolysis) is 1. The van der Waals surface area contributed by atoms with E-state index in [1.807, 2.05) is 0 Å². The minimum absolute atomic E-state index is 0.0126. The Hall–Kier alpha value is -4.16. The predicted molar refractivity (Wildman–Crippen MR) is 160 cm³/mol. The third-order valence-electron chi connectivity index (χ3n) is 8.99. The molecule has 0 radical (unpaired) electrons. The maximum Gasteiger partial charge on any atom is 0.408 e. The van der Waals surface area contributed by atoms with E-state index in [1.54, 1.807) is 20.8 Å². The maximum atomic E-state index is 14.2. The number of hydrogen-bond donors (Lipinski definition) is 3. The summed E-state index contributed by atoms with van der Waals surface area (Å²) in [6.07, 6.45) is 3.82. The summed E-state index contributed by atoms with van der Waals surface area (Å²) in [6.45, 7) is 9.29. The molecular formula is C32H41FN4O8. The molecule has 2 aliphatic carbocycles. The molecule has 1 aromatic carbocycles. The number of rotatable bonds is 9. The second kappa shape index (κ2) is 12.7. The molecule has 1 aromatic rings. The molecule has 0 spiro atoms. The fourth-order valence-electron chi connectivity index (χ4n) is 6.29. The van der Waals surface area contributed by atoms with Crippen molar-refractivity contribution in [2.75, 3.05) is 13.2 Å². The first-order valence-corrected chi connectivity index (χ1v) is 15.4. The number of halogens is 1. The summed E-state index contributed by atoms with van der Waals surface area (Å²) < 4.78 is 25.1. The molecule has 4 aliphatic rings. The van der Waals surface area contributed by atoms with Crippen LogP contribution in [0.2, 0.25) is 0 Å². The fourth-order valence-corrected chi connectivity index (χ4v) is 6.29. The van der Waals surface area contributed by atoms with E-state index in [4.69, 9.17) is 14.3 Å². The number of carboxylic acid groups (broad SMARTS) is 1. The highest BCUT2D eigenvalue weighted by atomic mass is 19.1. The van der Waals surface area contributed by atoms with Crippen molar-refractivity contribution in [1.29, 1.82) is 0 Å². The third-order valence-corrected chi connectivity index (χ3v) is 8.99. The van der Waals surface area contributed by atoms with Gasteiger partial charge in [-0.1, -0.05) is 32.0 Å². The molecule has 13 heteroatoms. The van der Waals surface area contributed by atoms with Crippen LogP contribution in [-0.4, -0.2) is 82.6 Å². The number of oxime groups is 1. The molecule has 0 unspecified atom stereocenters. The van der Waals surface area contributed by atoms with Gasteiger partial charge in [0.1, 0.15) is 41.4 Å². The quantitative estimate of drug-likeness (QED) is 0.277. The molecule has 2 heterocycles. The number of carbonyl (C=O) groups excluding carboxylic acids is 3. The molecule has 2 aliphatic heterocycles. The molecule has 3 fully saturated rings. The molecule has 3 N–H and O–H groups in total. The highest BCUT2D eigenvalue weighted by Gasteiger charge is 2.61. The molecule has 5 rings (SSSR count). The third kappa shape index (κ3) is 6.91. The fraction of sp³-hybridized carbons (Fsp3) is 0.594. The number of aliphatic carboxylic acids is 1. The van der Waals surface area contributed by atoms with E-state index in [0.717, 1.165) is 25.7 Å². The Morgan fingerprint density at radius 2 is 1.96 bits per heavy atom. The Kier molecular flexibility index (Phi) is 9.09. The maximum absolute atomic E-state index is 14.2. The Labute approximate surface area is 261 Å². The van der Waals surface area contributed by atoms with Crippen LogP contribution in [0, 0.1) is 17.2 Å². The summed E-state index contributed by atoms with van der Waals surface area (Å²) in [5, 5.41) is 19.5. The van der Waals surface area contributed by atoms with Gasteiger partial charge in [0.25, 0.3) is 0 Å². The summed E-state index contributed by atoms with van der Waals surface area (Å²) in [7, 11) is 0. The van der Waals surface area contributed by atoms with Crippen LogP contribution in [0.4, 0.5) is 9.18 Å². The summed E-state index contributed by atoms with van der Waals surface area (Å²) >= 11 is 0. The molecule has 244 valence electrons. The van der Waals surface area contributed by atoms with Crippen LogP contribution in [0.25, 0.3) is 0 Å². The van der Waals surface area contributed by atoms with Crippen molar-refractivity contribution in [3.8, 4) is 5.75 Å². The van der Waals surface area contributed by atoms with Gasteiger partial charge in [0.05, 0.1) is 18.9 Å². The van der Waals surface area contributed by atoms with Gasteiger partial charge < -0.3 is 35.0 Å². The standard InChI is InChI=1S/C32H41FN4O8/c1-5-18-16-32(18,29(40)41)35-27(38)24-15-21(45-36-23-12-13-43-25-11-10-19(33)14-22(23)25)17-37(24)28(39)26(31(2,3)4)34-30(42)44-20-8-6-7-9-20/h5,10-11,14,18,20-21,24,26H,1,6-9,12-13,15-17H2,2-4H3,(H,34,42)(H,35,38)(H,40,41)/b36-23+/t18-,21-,24+,26-,32+/m1/s1. The lowest BCUT2D eigenvalue weighted by Gasteiger charge is -2.35. The van der Waals surface area contributed by atoms with Crippen LogP contribution >= 0.6 is 0 Å². The number of nitrogens with zero attached hydrogens (tertiary/aromatic N) is 2. The first-order valence-electron chi connectivity index (χ1n) is 15.4. The largest absolute Gasteiger partial charge is 0.492 e. The SMILES string of the molecule is C=C[C@@H]1C[C@@]1(NC(=O)[C@@H]1C[C@@H](O/N=C2\CCOc3ccc(F)cc32)CN1C(=O)[C@@H](NC(=O)OC1CCCC1)C(C)(C)C)C(=O)O. The smallest absolute Gasteiger partial charge is 0.408 e. The van der Waals surface area contributed by atoms with E-state index in [2.05, 4.69) is 22.4 Å². The topological polar surface area (TPSA) is 156 Å². The first kappa shape index (κ1) is 32.2. The van der Waals surface area contributed by atoms with E-state index in [1.165, 1.54) is 29.2 Å². The Morgan fingerprint density at radius 3 is 2.60 bits per heavy atom. The predicted octanol–water partition coefficient (Wildman–Crippen LogP) is 3.53. The summed E-state index contributed by atoms with van der Waals surface area (Å²) in [4.78, 5) is 60.0. The molecule has 3 amide bonds. The molecule has 5 atom stereocenters. The number of amides is 3. The van der Waals surface area contributed by atoms with E-state index in [9.17, 15) is 28.7 Å². The Morgan fingerprint density at radius 1 is 1.22 bits per heavy atom. The van der Waals surface area contributed by atoms with Gasteiger partial charge in [-0.3, -0.25) is 9.59 Å². The summed E-state index contributed by atoms with van der Waals surface area (Å²) in [5.74, 6) is -2.83. The van der Waals surface area contributed by atoms with Crippen molar-refractivity contribution >= 4 is 29.6 Å². The molecule has 0 aromatic heterocycles. The van der Waals surface area contributed by atoms with Gasteiger partial charge in [0.15, 0.2) is 0 Å². The minimum atomic E-state index is -1.50. The lowest BCUT2D eigenvalue weighted by molar-refractivity contribution is -0.146. The van der Waals surface area contributed by atoms with Gasteiger partial charge in [-0.25, -0.2) is 14.0 Å². The van der Waals surface area contributed by atoms with Gasteiger partial charge in [-0.05, 0) is 55.7 Å². The normalized spacial score (nSPS) is 27.6. The van der Waals surface area contributed by atoms with Crippen molar-refractivity contribution in [2.24, 2.45) is 16.5 Å². The second-order valence-corrected chi connectivity index (χ2v) is 13.3. The van der Waals surface area contributed by atoms with Crippen molar-refractivity contribution in [3.63, 3.8) is 0 Å². The van der Waals surface area contributed by atoms with Crippen LogP contribution in [0.15, 0.2) is 36.0 Å². The zero-order valence-electron chi connectivity index (χ0n) is 25.8. The highest BCUT2D eigenvalue weighted by molar-refractivity contribution is 6.03. The van der Waals surface area contributed by atoms with E-state index in [-0.39, 0.29) is 25.5 Å². The highest BCUT2D eigenvalue weighted by Crippen LogP contribution is 2.45. The van der Waals surface area contributed by atoms with Crippen molar-refractivity contribution in [2.45, 2.75) is 95.5 Å². The number of carbonyl (C=O) groups is 4. The van der Waals surface area contributed by atoms with Gasteiger partial charge in [-0.2, -0.15) is 0 Å². The van der Waals surface area contributed by atoms with Crippen LogP contribution in [0.5, 0.6) is 5.75 Å². The van der Waals surface area contributed by atoms with Gasteiger partial charge in [0, 0.05) is 24.3 Å². The summed E-state index contributed by atoms with van der Waals surface area (Å²) in [5.41, 5.74) is -1.36. The monoisotopic (exact) mass is 628 g/mol. The molecular weight excluding hydrogens is 587 g/mol. The molecule has 1 saturated heterocycles. The summed E-state index contributed by atoms with van der Waals surface area (Å²) in [6, 6.07) is 1.93. The number of benzene rings is 1. The number of likely N-dealkylation sites (tertiary alicyclic amines) is 1. The first-order chi connectivity index (χ1) is 21.3. The lowest BCUT2D eigenvalue weighted by Crippen LogP contribution is -2.59. The Bertz CT molecular complexity index is 1390.